The third kappa shape index (κ3) is 1.58. The second-order valence-corrected chi connectivity index (χ2v) is 6.75. The van der Waals surface area contributed by atoms with Crippen LogP contribution in [0, 0.1) is 16.7 Å². The number of hydrogen-bond donors (Lipinski definition) is 1. The number of aromatic carboxylic acids is 1. The molecule has 106 valence electrons. The lowest BCUT2D eigenvalue weighted by molar-refractivity contribution is 0.0699. The third-order valence-electron chi connectivity index (χ3n) is 5.45. The molecule has 0 amide bonds. The van der Waals surface area contributed by atoms with E-state index >= 15 is 0 Å². The third-order valence-corrected chi connectivity index (χ3v) is 5.45. The van der Waals surface area contributed by atoms with Gasteiger partial charge < -0.3 is 5.11 Å². The van der Waals surface area contributed by atoms with Crippen molar-refractivity contribution < 1.29 is 9.90 Å². The first-order valence-electron chi connectivity index (χ1n) is 6.82. The van der Waals surface area contributed by atoms with Crippen LogP contribution in [0.15, 0.2) is 18.2 Å². The van der Waals surface area contributed by atoms with E-state index < -0.39 is 5.97 Å². The van der Waals surface area contributed by atoms with Crippen molar-refractivity contribution in [2.45, 2.75) is 34.2 Å². The summed E-state index contributed by atoms with van der Waals surface area (Å²) in [6.45, 7) is 9.83. The number of benzene rings is 1. The average molecular weight is 273 g/mol. The number of carboxylic acids is 1. The van der Waals surface area contributed by atoms with Gasteiger partial charge in [-0.2, -0.15) is 0 Å². The predicted molar refractivity (Wildman–Crippen MR) is 75.5 cm³/mol. The molecule has 1 aromatic heterocycles. The van der Waals surface area contributed by atoms with Crippen LogP contribution in [0.1, 0.15) is 38.1 Å². The molecule has 0 spiro atoms. The van der Waals surface area contributed by atoms with Gasteiger partial charge in [0.15, 0.2) is 0 Å². The number of rotatable bonds is 3. The van der Waals surface area contributed by atoms with E-state index in [9.17, 15) is 9.90 Å². The standard InChI is InChI=1S/C15H19N3O2/c1-14(2)11(15(14,3)4)8-18-10-7-5-6-9(13(19)20)12(10)16-17-18/h5-7,11H,8H2,1-4H3,(H,19,20). The molecule has 5 nitrogen and oxygen atoms in total. The summed E-state index contributed by atoms with van der Waals surface area (Å²) in [5.74, 6) is -0.442. The molecular weight excluding hydrogens is 254 g/mol. The van der Waals surface area contributed by atoms with E-state index in [0.29, 0.717) is 11.4 Å². The van der Waals surface area contributed by atoms with Crippen molar-refractivity contribution in [3.8, 4) is 0 Å². The molecule has 0 saturated heterocycles. The molecule has 1 N–H and O–H groups in total. The van der Waals surface area contributed by atoms with Crippen LogP contribution in [0.4, 0.5) is 0 Å². The van der Waals surface area contributed by atoms with Gasteiger partial charge in [0, 0.05) is 6.54 Å². The first-order chi connectivity index (χ1) is 9.26. The van der Waals surface area contributed by atoms with Crippen LogP contribution in [0.2, 0.25) is 0 Å². The largest absolute Gasteiger partial charge is 0.478 e. The fourth-order valence-electron chi connectivity index (χ4n) is 3.26. The molecular formula is C15H19N3O2. The van der Waals surface area contributed by atoms with Gasteiger partial charge in [0.25, 0.3) is 0 Å². The topological polar surface area (TPSA) is 68.0 Å². The Morgan fingerprint density at radius 2 is 1.95 bits per heavy atom. The Bertz CT molecular complexity index is 686. The fourth-order valence-corrected chi connectivity index (χ4v) is 3.26. The highest BCUT2D eigenvalue weighted by Gasteiger charge is 2.64. The summed E-state index contributed by atoms with van der Waals surface area (Å²) in [7, 11) is 0. The second kappa shape index (κ2) is 3.81. The van der Waals surface area contributed by atoms with E-state index in [4.69, 9.17) is 0 Å². The zero-order valence-electron chi connectivity index (χ0n) is 12.2. The quantitative estimate of drug-likeness (QED) is 0.933. The predicted octanol–water partition coefficient (Wildman–Crippen LogP) is 2.81. The maximum Gasteiger partial charge on any atom is 0.338 e. The summed E-state index contributed by atoms with van der Waals surface area (Å²) < 4.78 is 1.84. The lowest BCUT2D eigenvalue weighted by Gasteiger charge is -2.04. The van der Waals surface area contributed by atoms with Gasteiger partial charge >= 0.3 is 5.97 Å². The van der Waals surface area contributed by atoms with Crippen LogP contribution in [-0.4, -0.2) is 26.1 Å². The van der Waals surface area contributed by atoms with E-state index in [1.165, 1.54) is 0 Å². The molecule has 2 aromatic rings. The van der Waals surface area contributed by atoms with Crippen LogP contribution in [0.5, 0.6) is 0 Å². The molecule has 0 unspecified atom stereocenters. The summed E-state index contributed by atoms with van der Waals surface area (Å²) >= 11 is 0. The zero-order chi connectivity index (χ0) is 14.7. The minimum Gasteiger partial charge on any atom is -0.478 e. The number of aromatic nitrogens is 3. The van der Waals surface area contributed by atoms with Crippen LogP contribution in [0.3, 0.4) is 0 Å². The van der Waals surface area contributed by atoms with Gasteiger partial charge in [-0.1, -0.05) is 39.0 Å². The molecule has 1 saturated carbocycles. The van der Waals surface area contributed by atoms with Crippen molar-refractivity contribution in [3.05, 3.63) is 23.8 Å². The molecule has 5 heteroatoms. The molecule has 20 heavy (non-hydrogen) atoms. The molecule has 0 atom stereocenters. The highest BCUT2D eigenvalue weighted by Crippen LogP contribution is 2.68. The Balaban J connectivity index is 1.99. The molecule has 1 aliphatic carbocycles. The molecule has 0 aliphatic heterocycles. The van der Waals surface area contributed by atoms with Gasteiger partial charge in [0.1, 0.15) is 5.52 Å². The van der Waals surface area contributed by atoms with E-state index in [0.717, 1.165) is 12.1 Å². The van der Waals surface area contributed by atoms with Crippen molar-refractivity contribution in [2.75, 3.05) is 0 Å². The number of nitrogens with zero attached hydrogens (tertiary/aromatic N) is 3. The molecule has 0 radical (unpaired) electrons. The van der Waals surface area contributed by atoms with E-state index in [1.54, 1.807) is 12.1 Å². The van der Waals surface area contributed by atoms with Crippen molar-refractivity contribution in [2.24, 2.45) is 16.7 Å². The maximum atomic E-state index is 11.2. The monoisotopic (exact) mass is 273 g/mol. The van der Waals surface area contributed by atoms with Crippen LogP contribution < -0.4 is 0 Å². The molecule has 1 aromatic carbocycles. The first kappa shape index (κ1) is 13.1. The van der Waals surface area contributed by atoms with Gasteiger partial charge in [-0.05, 0) is 28.9 Å². The summed E-state index contributed by atoms with van der Waals surface area (Å²) in [5, 5.41) is 17.4. The minimum absolute atomic E-state index is 0.211. The lowest BCUT2D eigenvalue weighted by Crippen LogP contribution is -2.06. The number of carboxylic acid groups (broad SMARTS) is 1. The first-order valence-corrected chi connectivity index (χ1v) is 6.82. The highest BCUT2D eigenvalue weighted by molar-refractivity contribution is 6.00. The summed E-state index contributed by atoms with van der Waals surface area (Å²) in [4.78, 5) is 11.2. The van der Waals surface area contributed by atoms with Gasteiger partial charge in [-0.25, -0.2) is 9.48 Å². The smallest absolute Gasteiger partial charge is 0.338 e. The Kier molecular flexibility index (Phi) is 2.49. The van der Waals surface area contributed by atoms with Crippen molar-refractivity contribution in [3.63, 3.8) is 0 Å². The Hall–Kier alpha value is -1.91. The fraction of sp³-hybridized carbons (Fsp3) is 0.533. The zero-order valence-corrected chi connectivity index (χ0v) is 12.2. The molecule has 1 heterocycles. The Labute approximate surface area is 117 Å². The van der Waals surface area contributed by atoms with Crippen molar-refractivity contribution >= 4 is 17.0 Å². The van der Waals surface area contributed by atoms with Crippen molar-refractivity contribution in [1.29, 1.82) is 0 Å². The Morgan fingerprint density at radius 3 is 2.50 bits per heavy atom. The Morgan fingerprint density at radius 1 is 1.30 bits per heavy atom. The van der Waals surface area contributed by atoms with Gasteiger partial charge in [-0.3, -0.25) is 0 Å². The van der Waals surface area contributed by atoms with Crippen LogP contribution in [0.25, 0.3) is 11.0 Å². The maximum absolute atomic E-state index is 11.2. The number of fused-ring (bicyclic) bond motifs is 1. The van der Waals surface area contributed by atoms with Gasteiger partial charge in [0.05, 0.1) is 11.1 Å². The highest BCUT2D eigenvalue weighted by atomic mass is 16.4. The van der Waals surface area contributed by atoms with Crippen molar-refractivity contribution in [1.82, 2.24) is 15.0 Å². The number of hydrogen-bond acceptors (Lipinski definition) is 3. The number of carbonyl (C=O) groups is 1. The summed E-state index contributed by atoms with van der Waals surface area (Å²) in [6, 6.07) is 5.19. The van der Waals surface area contributed by atoms with Gasteiger partial charge in [0.2, 0.25) is 0 Å². The molecule has 1 aliphatic rings. The lowest BCUT2D eigenvalue weighted by atomic mass is 10.0. The summed E-state index contributed by atoms with van der Waals surface area (Å²) in [5.41, 5.74) is 2.02. The second-order valence-electron chi connectivity index (χ2n) is 6.75. The molecule has 1 fully saturated rings. The average Bonchev–Trinajstić information content (AvgIpc) is 2.69. The van der Waals surface area contributed by atoms with Crippen LogP contribution in [-0.2, 0) is 6.54 Å². The normalized spacial score (nSPS) is 20.2. The van der Waals surface area contributed by atoms with E-state index in [-0.39, 0.29) is 16.4 Å². The van der Waals surface area contributed by atoms with Gasteiger partial charge in [-0.15, -0.1) is 5.10 Å². The molecule has 0 bridgehead atoms. The van der Waals surface area contributed by atoms with Crippen LogP contribution >= 0.6 is 0 Å². The van der Waals surface area contributed by atoms with E-state index in [2.05, 4.69) is 38.0 Å². The molecule has 3 rings (SSSR count). The van der Waals surface area contributed by atoms with E-state index in [1.807, 2.05) is 10.7 Å². The SMILES string of the molecule is CC1(C)C(Cn2nnc3c(C(=O)O)cccc32)C1(C)C. The summed E-state index contributed by atoms with van der Waals surface area (Å²) in [6.07, 6.45) is 0. The minimum atomic E-state index is -0.963.